The molecule has 1 saturated carbocycles. The summed E-state index contributed by atoms with van der Waals surface area (Å²) in [6, 6.07) is 2.59. The van der Waals surface area contributed by atoms with Crippen molar-refractivity contribution in [3.8, 4) is 0 Å². The summed E-state index contributed by atoms with van der Waals surface area (Å²) < 4.78 is 0. The van der Waals surface area contributed by atoms with Crippen molar-refractivity contribution in [1.82, 2.24) is 4.98 Å². The second-order valence-corrected chi connectivity index (χ2v) is 4.60. The van der Waals surface area contributed by atoms with E-state index < -0.39 is 0 Å². The summed E-state index contributed by atoms with van der Waals surface area (Å²) in [5, 5.41) is 3.59. The molecule has 0 radical (unpaired) electrons. The number of rotatable bonds is 3. The first-order valence-electron chi connectivity index (χ1n) is 5.54. The first-order chi connectivity index (χ1) is 7.31. The summed E-state index contributed by atoms with van der Waals surface area (Å²) in [5.41, 5.74) is 2.41. The third-order valence-electron chi connectivity index (χ3n) is 3.22. The Bertz CT molecular complexity index is 327. The van der Waals surface area contributed by atoms with Gasteiger partial charge in [0.1, 0.15) is 0 Å². The molecule has 2 rings (SSSR count). The summed E-state index contributed by atoms with van der Waals surface area (Å²) in [4.78, 5) is 4.09. The van der Waals surface area contributed by atoms with Crippen molar-refractivity contribution >= 4 is 17.3 Å². The maximum Gasteiger partial charge on any atom is 0.0403 e. The molecular formula is C12H17ClN2. The van der Waals surface area contributed by atoms with Crippen molar-refractivity contribution in [2.24, 2.45) is 5.92 Å². The average molecular weight is 225 g/mol. The zero-order valence-electron chi connectivity index (χ0n) is 9.04. The number of hydrogen-bond acceptors (Lipinski definition) is 2. The minimum atomic E-state index is 0.545. The lowest BCUT2D eigenvalue weighted by molar-refractivity contribution is 0.562. The highest BCUT2D eigenvalue weighted by molar-refractivity contribution is 6.18. The number of anilines is 1. The van der Waals surface area contributed by atoms with Gasteiger partial charge in [0.05, 0.1) is 0 Å². The Kier molecular flexibility index (Phi) is 3.47. The van der Waals surface area contributed by atoms with Crippen LogP contribution in [-0.4, -0.2) is 16.9 Å². The molecule has 0 aliphatic heterocycles. The first-order valence-corrected chi connectivity index (χ1v) is 6.08. The molecule has 1 aromatic rings. The monoisotopic (exact) mass is 224 g/mol. The molecule has 15 heavy (non-hydrogen) atoms. The lowest BCUT2D eigenvalue weighted by Crippen LogP contribution is -2.25. The van der Waals surface area contributed by atoms with Crippen LogP contribution >= 0.6 is 11.6 Å². The van der Waals surface area contributed by atoms with E-state index in [-0.39, 0.29) is 0 Å². The van der Waals surface area contributed by atoms with Crippen LogP contribution in [-0.2, 0) is 0 Å². The molecule has 0 aromatic carbocycles. The van der Waals surface area contributed by atoms with E-state index in [1.807, 2.05) is 18.5 Å². The van der Waals surface area contributed by atoms with Crippen molar-refractivity contribution < 1.29 is 0 Å². The molecule has 82 valence electrons. The van der Waals surface area contributed by atoms with Crippen LogP contribution in [0.15, 0.2) is 18.5 Å². The average Bonchev–Trinajstić information content (AvgIpc) is 2.69. The number of nitrogens with one attached hydrogen (secondary N) is 1. The number of alkyl halides is 1. The van der Waals surface area contributed by atoms with Gasteiger partial charge in [0, 0.05) is 30.0 Å². The molecule has 1 aromatic heterocycles. The van der Waals surface area contributed by atoms with Gasteiger partial charge >= 0.3 is 0 Å². The normalized spacial score (nSPS) is 25.5. The zero-order valence-corrected chi connectivity index (χ0v) is 9.80. The maximum atomic E-state index is 5.96. The third-order valence-corrected chi connectivity index (χ3v) is 3.61. The summed E-state index contributed by atoms with van der Waals surface area (Å²) in [5.74, 6) is 1.39. The molecule has 0 amide bonds. The van der Waals surface area contributed by atoms with E-state index in [0.717, 1.165) is 5.88 Å². The van der Waals surface area contributed by atoms with Gasteiger partial charge in [-0.25, -0.2) is 0 Å². The Labute approximate surface area is 96.1 Å². The standard InChI is InChI=1S/C12H17ClN2/c1-9-8-14-6-5-11(9)15-12-4-2-3-10(12)7-13/h5-6,8,10,12H,2-4,7H2,1H3,(H,14,15). The predicted octanol–water partition coefficient (Wildman–Crippen LogP) is 3.21. The van der Waals surface area contributed by atoms with Gasteiger partial charge in [0.15, 0.2) is 0 Å². The fraction of sp³-hybridized carbons (Fsp3) is 0.583. The summed E-state index contributed by atoms with van der Waals surface area (Å²) >= 11 is 5.96. The summed E-state index contributed by atoms with van der Waals surface area (Å²) in [6.45, 7) is 2.08. The second-order valence-electron chi connectivity index (χ2n) is 4.29. The predicted molar refractivity (Wildman–Crippen MR) is 64.4 cm³/mol. The van der Waals surface area contributed by atoms with Gasteiger partial charge in [-0.3, -0.25) is 4.98 Å². The number of nitrogens with zero attached hydrogens (tertiary/aromatic N) is 1. The quantitative estimate of drug-likeness (QED) is 0.798. The molecule has 2 unspecified atom stereocenters. The Balaban J connectivity index is 2.05. The molecule has 0 saturated heterocycles. The smallest absolute Gasteiger partial charge is 0.0403 e. The highest BCUT2D eigenvalue weighted by Gasteiger charge is 2.26. The van der Waals surface area contributed by atoms with E-state index in [4.69, 9.17) is 11.6 Å². The van der Waals surface area contributed by atoms with Crippen molar-refractivity contribution in [2.75, 3.05) is 11.2 Å². The number of aryl methyl sites for hydroxylation is 1. The van der Waals surface area contributed by atoms with Crippen molar-refractivity contribution in [1.29, 1.82) is 0 Å². The molecule has 0 bridgehead atoms. The third kappa shape index (κ3) is 2.43. The van der Waals surface area contributed by atoms with Gasteiger partial charge < -0.3 is 5.32 Å². The molecule has 2 atom stereocenters. The fourth-order valence-corrected chi connectivity index (χ4v) is 2.62. The molecular weight excluding hydrogens is 208 g/mol. The summed E-state index contributed by atoms with van der Waals surface area (Å²) in [7, 11) is 0. The zero-order chi connectivity index (χ0) is 10.7. The molecule has 1 fully saturated rings. The van der Waals surface area contributed by atoms with E-state index in [1.165, 1.54) is 30.5 Å². The van der Waals surface area contributed by atoms with E-state index in [2.05, 4.69) is 17.2 Å². The lowest BCUT2D eigenvalue weighted by atomic mass is 10.1. The van der Waals surface area contributed by atoms with Crippen molar-refractivity contribution in [3.63, 3.8) is 0 Å². The van der Waals surface area contributed by atoms with Gasteiger partial charge in [-0.2, -0.15) is 0 Å². The van der Waals surface area contributed by atoms with Crippen LogP contribution in [0.5, 0.6) is 0 Å². The van der Waals surface area contributed by atoms with Gasteiger partial charge in [-0.05, 0) is 37.3 Å². The number of halogens is 1. The van der Waals surface area contributed by atoms with Crippen LogP contribution in [0, 0.1) is 12.8 Å². The number of aromatic nitrogens is 1. The van der Waals surface area contributed by atoms with Gasteiger partial charge in [0.2, 0.25) is 0 Å². The Morgan fingerprint density at radius 3 is 3.13 bits per heavy atom. The number of pyridine rings is 1. The SMILES string of the molecule is Cc1cnccc1NC1CCCC1CCl. The highest BCUT2D eigenvalue weighted by atomic mass is 35.5. The van der Waals surface area contributed by atoms with Gasteiger partial charge in [-0.1, -0.05) is 6.42 Å². The number of hydrogen-bond donors (Lipinski definition) is 1. The molecule has 0 spiro atoms. The molecule has 1 heterocycles. The highest BCUT2D eigenvalue weighted by Crippen LogP contribution is 2.29. The topological polar surface area (TPSA) is 24.9 Å². The van der Waals surface area contributed by atoms with Crippen molar-refractivity contribution in [2.45, 2.75) is 32.2 Å². The van der Waals surface area contributed by atoms with E-state index in [9.17, 15) is 0 Å². The largest absolute Gasteiger partial charge is 0.382 e. The Morgan fingerprint density at radius 2 is 2.40 bits per heavy atom. The van der Waals surface area contributed by atoms with Crippen molar-refractivity contribution in [3.05, 3.63) is 24.0 Å². The first kappa shape index (κ1) is 10.7. The summed E-state index contributed by atoms with van der Waals surface area (Å²) in [6.07, 6.45) is 7.51. The molecule has 3 heteroatoms. The van der Waals surface area contributed by atoms with Crippen LogP contribution < -0.4 is 5.32 Å². The van der Waals surface area contributed by atoms with Gasteiger partial charge in [-0.15, -0.1) is 11.6 Å². The van der Waals surface area contributed by atoms with E-state index in [1.54, 1.807) is 0 Å². The van der Waals surface area contributed by atoms with Gasteiger partial charge in [0.25, 0.3) is 0 Å². The Morgan fingerprint density at radius 1 is 1.53 bits per heavy atom. The fourth-order valence-electron chi connectivity index (χ4n) is 2.25. The van der Waals surface area contributed by atoms with Crippen LogP contribution in [0.3, 0.4) is 0 Å². The maximum absolute atomic E-state index is 5.96. The molecule has 1 N–H and O–H groups in total. The van der Waals surface area contributed by atoms with Crippen LogP contribution in [0.1, 0.15) is 24.8 Å². The minimum absolute atomic E-state index is 0.545. The lowest BCUT2D eigenvalue weighted by Gasteiger charge is -2.21. The minimum Gasteiger partial charge on any atom is -0.382 e. The molecule has 1 aliphatic rings. The van der Waals surface area contributed by atoms with Crippen LogP contribution in [0.25, 0.3) is 0 Å². The van der Waals surface area contributed by atoms with Crippen LogP contribution in [0.2, 0.25) is 0 Å². The Hall–Kier alpha value is -0.760. The molecule has 1 aliphatic carbocycles. The van der Waals surface area contributed by atoms with E-state index >= 15 is 0 Å². The second kappa shape index (κ2) is 4.84. The van der Waals surface area contributed by atoms with E-state index in [0.29, 0.717) is 12.0 Å². The molecule has 2 nitrogen and oxygen atoms in total. The van der Waals surface area contributed by atoms with Crippen LogP contribution in [0.4, 0.5) is 5.69 Å².